The predicted octanol–water partition coefficient (Wildman–Crippen LogP) is 3.54. The number of nitriles is 1. The summed E-state index contributed by atoms with van der Waals surface area (Å²) in [5.41, 5.74) is -0.608. The van der Waals surface area contributed by atoms with Crippen molar-refractivity contribution in [3.05, 3.63) is 63.6 Å². The normalized spacial score (nSPS) is 25.9. The van der Waals surface area contributed by atoms with Gasteiger partial charge in [-0.1, -0.05) is 39.7 Å². The Morgan fingerprint density at radius 2 is 1.75 bits per heavy atom. The Labute approximate surface area is 153 Å². The number of rotatable bonds is 4. The average Bonchev–Trinajstić information content (AvgIpc) is 3.26. The number of nitrogens with zero attached hydrogens (tertiary/aromatic N) is 1. The molecular weight excluding hydrogens is 414 g/mol. The first kappa shape index (κ1) is 17.4. The van der Waals surface area contributed by atoms with Gasteiger partial charge in [0.15, 0.2) is 9.84 Å². The number of sulfone groups is 1. The maximum atomic E-state index is 13.0. The molecule has 1 saturated carbocycles. The Bertz CT molecular complexity index is 906. The lowest BCUT2D eigenvalue weighted by atomic mass is 10.0. The minimum atomic E-state index is -3.77. The van der Waals surface area contributed by atoms with E-state index in [1.165, 1.54) is 24.3 Å². The second-order valence-electron chi connectivity index (χ2n) is 5.76. The Morgan fingerprint density at radius 3 is 2.25 bits per heavy atom. The first-order valence-corrected chi connectivity index (χ1v) is 9.85. The van der Waals surface area contributed by atoms with Crippen molar-refractivity contribution in [3.8, 4) is 6.07 Å². The third-order valence-electron chi connectivity index (χ3n) is 4.43. The van der Waals surface area contributed by atoms with E-state index < -0.39 is 33.0 Å². The topological polar surface area (TPSA) is 78.2 Å². The van der Waals surface area contributed by atoms with Crippen LogP contribution >= 0.6 is 27.5 Å². The van der Waals surface area contributed by atoms with Crippen molar-refractivity contribution in [3.63, 3.8) is 0 Å². The van der Waals surface area contributed by atoms with Gasteiger partial charge in [-0.2, -0.15) is 5.26 Å². The molecular formula is C17H13BrClNO3S. The molecule has 0 heterocycles. The minimum absolute atomic E-state index is 0.101. The third-order valence-corrected chi connectivity index (χ3v) is 7.50. The van der Waals surface area contributed by atoms with Crippen LogP contribution in [0.1, 0.15) is 11.5 Å². The molecule has 4 nitrogen and oxygen atoms in total. The van der Waals surface area contributed by atoms with Crippen LogP contribution in [0.5, 0.6) is 0 Å². The van der Waals surface area contributed by atoms with E-state index in [0.717, 1.165) is 10.0 Å². The quantitative estimate of drug-likeness (QED) is 0.811. The number of hydrogen-bond acceptors (Lipinski definition) is 4. The molecule has 1 fully saturated rings. The predicted molar refractivity (Wildman–Crippen MR) is 94.4 cm³/mol. The maximum absolute atomic E-state index is 13.0. The fraction of sp³-hybridized carbons (Fsp3) is 0.235. The summed E-state index contributed by atoms with van der Waals surface area (Å²) in [4.78, 5) is 0.101. The molecule has 3 rings (SSSR count). The van der Waals surface area contributed by atoms with Crippen molar-refractivity contribution < 1.29 is 13.5 Å². The molecule has 1 N–H and O–H groups in total. The smallest absolute Gasteiger partial charge is 0.183 e. The van der Waals surface area contributed by atoms with E-state index in [4.69, 9.17) is 11.6 Å². The van der Waals surface area contributed by atoms with Gasteiger partial charge in [0, 0.05) is 15.4 Å². The fourth-order valence-corrected chi connectivity index (χ4v) is 5.84. The summed E-state index contributed by atoms with van der Waals surface area (Å²) in [6, 6.07) is 15.0. The Kier molecular flexibility index (Phi) is 4.47. The zero-order valence-corrected chi connectivity index (χ0v) is 15.5. The van der Waals surface area contributed by atoms with Crippen LogP contribution in [0.15, 0.2) is 57.9 Å². The third kappa shape index (κ3) is 2.66. The average molecular weight is 427 g/mol. The van der Waals surface area contributed by atoms with Crippen molar-refractivity contribution in [1.82, 2.24) is 0 Å². The molecule has 2 aromatic carbocycles. The van der Waals surface area contributed by atoms with Gasteiger partial charge in [-0.25, -0.2) is 8.42 Å². The molecule has 0 bridgehead atoms. The Hall–Kier alpha value is -1.39. The first-order valence-electron chi connectivity index (χ1n) is 7.14. The van der Waals surface area contributed by atoms with E-state index in [2.05, 4.69) is 15.9 Å². The molecule has 0 spiro atoms. The van der Waals surface area contributed by atoms with Gasteiger partial charge in [0.05, 0.1) is 22.8 Å². The van der Waals surface area contributed by atoms with E-state index in [0.29, 0.717) is 5.02 Å². The van der Waals surface area contributed by atoms with Gasteiger partial charge in [-0.3, -0.25) is 0 Å². The lowest BCUT2D eigenvalue weighted by Gasteiger charge is -2.06. The number of hydrogen-bond donors (Lipinski definition) is 1. The lowest BCUT2D eigenvalue weighted by Crippen LogP contribution is -2.18. The van der Waals surface area contributed by atoms with Gasteiger partial charge in [0.25, 0.3) is 0 Å². The summed E-state index contributed by atoms with van der Waals surface area (Å²) in [5.74, 6) is -0.568. The molecule has 3 atom stereocenters. The number of halogens is 2. The standard InChI is InChI=1S/C17H13BrClNO3S/c18-12-3-1-11(2-4-12)15-16(17(15,9-20)10-21)24(22,23)14-7-5-13(19)6-8-14/h1-8,15-16,21H,10H2/t15-,16-,17-/m0/s1. The van der Waals surface area contributed by atoms with Gasteiger partial charge >= 0.3 is 0 Å². The molecule has 0 radical (unpaired) electrons. The zero-order valence-electron chi connectivity index (χ0n) is 12.4. The number of benzene rings is 2. The van der Waals surface area contributed by atoms with Crippen LogP contribution in [-0.4, -0.2) is 25.4 Å². The van der Waals surface area contributed by atoms with Crippen molar-refractivity contribution in [2.24, 2.45) is 5.41 Å². The number of aliphatic hydroxyl groups is 1. The highest BCUT2D eigenvalue weighted by Gasteiger charge is 2.72. The summed E-state index contributed by atoms with van der Waals surface area (Å²) in [6.07, 6.45) is 0. The highest BCUT2D eigenvalue weighted by molar-refractivity contribution is 9.10. The van der Waals surface area contributed by atoms with Gasteiger partial charge < -0.3 is 5.11 Å². The van der Waals surface area contributed by atoms with Gasteiger partial charge in [0.1, 0.15) is 5.41 Å². The largest absolute Gasteiger partial charge is 0.395 e. The van der Waals surface area contributed by atoms with Gasteiger partial charge in [-0.05, 0) is 42.0 Å². The Balaban J connectivity index is 2.06. The van der Waals surface area contributed by atoms with Crippen LogP contribution in [0.4, 0.5) is 0 Å². The molecule has 0 amide bonds. The molecule has 0 aromatic heterocycles. The van der Waals surface area contributed by atoms with E-state index in [1.807, 2.05) is 6.07 Å². The van der Waals surface area contributed by atoms with Crippen LogP contribution in [0, 0.1) is 16.7 Å². The fourth-order valence-electron chi connectivity index (χ4n) is 3.13. The van der Waals surface area contributed by atoms with Crippen LogP contribution in [-0.2, 0) is 9.84 Å². The molecule has 2 aromatic rings. The molecule has 0 unspecified atom stereocenters. The lowest BCUT2D eigenvalue weighted by molar-refractivity contribution is 0.242. The van der Waals surface area contributed by atoms with Crippen LogP contribution in [0.2, 0.25) is 5.02 Å². The van der Waals surface area contributed by atoms with E-state index in [1.54, 1.807) is 24.3 Å². The van der Waals surface area contributed by atoms with E-state index >= 15 is 0 Å². The molecule has 0 aliphatic heterocycles. The molecule has 1 aliphatic rings. The second kappa shape index (κ2) is 6.16. The first-order chi connectivity index (χ1) is 11.4. The van der Waals surface area contributed by atoms with Crippen LogP contribution in [0.3, 0.4) is 0 Å². The summed E-state index contributed by atoms with van der Waals surface area (Å²) in [6.45, 7) is -0.512. The molecule has 24 heavy (non-hydrogen) atoms. The van der Waals surface area contributed by atoms with Crippen molar-refractivity contribution >= 4 is 37.4 Å². The maximum Gasteiger partial charge on any atom is 0.183 e. The minimum Gasteiger partial charge on any atom is -0.395 e. The van der Waals surface area contributed by atoms with Crippen molar-refractivity contribution in [2.75, 3.05) is 6.61 Å². The highest BCUT2D eigenvalue weighted by Crippen LogP contribution is 2.63. The molecule has 124 valence electrons. The summed E-state index contributed by atoms with van der Waals surface area (Å²) in [5, 5.41) is 18.8. The number of aliphatic hydroxyl groups excluding tert-OH is 1. The van der Waals surface area contributed by atoms with Crippen LogP contribution in [0.25, 0.3) is 0 Å². The van der Waals surface area contributed by atoms with Gasteiger partial charge in [0.2, 0.25) is 0 Å². The monoisotopic (exact) mass is 425 g/mol. The van der Waals surface area contributed by atoms with E-state index in [9.17, 15) is 18.8 Å². The second-order valence-corrected chi connectivity index (χ2v) is 9.18. The van der Waals surface area contributed by atoms with E-state index in [-0.39, 0.29) is 4.90 Å². The van der Waals surface area contributed by atoms with Crippen molar-refractivity contribution in [1.29, 1.82) is 5.26 Å². The SMILES string of the molecule is N#C[C@]1(CO)[C@@H](c2ccc(Br)cc2)[C@@H]1S(=O)(=O)c1ccc(Cl)cc1. The molecule has 7 heteroatoms. The van der Waals surface area contributed by atoms with Gasteiger partial charge in [-0.15, -0.1) is 0 Å². The zero-order chi connectivity index (χ0) is 17.5. The Morgan fingerprint density at radius 1 is 1.17 bits per heavy atom. The van der Waals surface area contributed by atoms with Crippen LogP contribution < -0.4 is 0 Å². The summed E-state index contributed by atoms with van der Waals surface area (Å²) in [7, 11) is -3.77. The highest BCUT2D eigenvalue weighted by atomic mass is 79.9. The summed E-state index contributed by atoms with van der Waals surface area (Å²) >= 11 is 9.15. The summed E-state index contributed by atoms with van der Waals surface area (Å²) < 4.78 is 26.8. The molecule has 0 saturated heterocycles. The molecule has 1 aliphatic carbocycles. The van der Waals surface area contributed by atoms with Crippen molar-refractivity contribution in [2.45, 2.75) is 16.1 Å².